The Morgan fingerprint density at radius 1 is 1.38 bits per heavy atom. The molecule has 16 heavy (non-hydrogen) atoms. The van der Waals surface area contributed by atoms with Crippen LogP contribution in [0.3, 0.4) is 0 Å². The van der Waals surface area contributed by atoms with Crippen molar-refractivity contribution in [1.29, 1.82) is 0 Å². The van der Waals surface area contributed by atoms with E-state index in [0.717, 1.165) is 31.8 Å². The first-order chi connectivity index (χ1) is 7.62. The van der Waals surface area contributed by atoms with Gasteiger partial charge in [-0.1, -0.05) is 33.1 Å². The molecule has 96 valence electrons. The number of methoxy groups -OCH3 is 1. The summed E-state index contributed by atoms with van der Waals surface area (Å²) in [6.45, 7) is 5.20. The Labute approximate surface area is 100 Å². The van der Waals surface area contributed by atoms with Gasteiger partial charge in [0.1, 0.15) is 0 Å². The smallest absolute Gasteiger partial charge is 0.0674 e. The van der Waals surface area contributed by atoms with Gasteiger partial charge in [0.2, 0.25) is 0 Å². The minimum atomic E-state index is -0.428. The zero-order valence-corrected chi connectivity index (χ0v) is 11.2. The van der Waals surface area contributed by atoms with E-state index in [1.165, 1.54) is 25.7 Å². The van der Waals surface area contributed by atoms with Gasteiger partial charge in [-0.15, -0.1) is 0 Å². The molecule has 3 unspecified atom stereocenters. The number of ether oxygens (including phenoxy) is 1. The van der Waals surface area contributed by atoms with Crippen LogP contribution in [0, 0.1) is 11.8 Å². The van der Waals surface area contributed by atoms with Crippen LogP contribution in [-0.2, 0) is 4.74 Å². The normalized spacial score (nSPS) is 33.4. The van der Waals surface area contributed by atoms with E-state index in [9.17, 15) is 5.11 Å². The zero-order chi connectivity index (χ0) is 12.0. The van der Waals surface area contributed by atoms with Crippen LogP contribution in [0.4, 0.5) is 0 Å². The molecule has 1 saturated carbocycles. The molecule has 0 amide bonds. The van der Waals surface area contributed by atoms with E-state index in [2.05, 4.69) is 13.8 Å². The van der Waals surface area contributed by atoms with Crippen molar-refractivity contribution < 1.29 is 9.84 Å². The lowest BCUT2D eigenvalue weighted by Gasteiger charge is -2.33. The molecule has 0 aromatic carbocycles. The van der Waals surface area contributed by atoms with E-state index in [1.54, 1.807) is 7.11 Å². The van der Waals surface area contributed by atoms with Crippen LogP contribution in [0.1, 0.15) is 58.8 Å². The highest BCUT2D eigenvalue weighted by molar-refractivity contribution is 4.87. The lowest BCUT2D eigenvalue weighted by molar-refractivity contribution is -0.0358. The van der Waals surface area contributed by atoms with Crippen molar-refractivity contribution in [3.8, 4) is 0 Å². The Balaban J connectivity index is 2.48. The summed E-state index contributed by atoms with van der Waals surface area (Å²) in [7, 11) is 1.73. The summed E-state index contributed by atoms with van der Waals surface area (Å²) >= 11 is 0. The van der Waals surface area contributed by atoms with E-state index >= 15 is 0 Å². The molecule has 1 fully saturated rings. The quantitative estimate of drug-likeness (QED) is 0.731. The van der Waals surface area contributed by atoms with E-state index in [1.807, 2.05) is 0 Å². The lowest BCUT2D eigenvalue weighted by atomic mass is 9.80. The molecule has 0 radical (unpaired) electrons. The van der Waals surface area contributed by atoms with Crippen LogP contribution in [-0.4, -0.2) is 24.4 Å². The molecule has 3 atom stereocenters. The first kappa shape index (κ1) is 14.0. The van der Waals surface area contributed by atoms with Crippen molar-refractivity contribution in [2.45, 2.75) is 64.4 Å². The second-order valence-corrected chi connectivity index (χ2v) is 5.49. The molecule has 0 spiro atoms. The fourth-order valence-corrected chi connectivity index (χ4v) is 2.88. The number of rotatable bonds is 5. The first-order valence-electron chi connectivity index (χ1n) is 6.83. The third kappa shape index (κ3) is 3.74. The summed E-state index contributed by atoms with van der Waals surface area (Å²) in [5.74, 6) is 1.20. The van der Waals surface area contributed by atoms with Crippen LogP contribution < -0.4 is 0 Å². The van der Waals surface area contributed by atoms with Crippen molar-refractivity contribution in [3.63, 3.8) is 0 Å². The summed E-state index contributed by atoms with van der Waals surface area (Å²) in [5, 5.41) is 10.7. The van der Waals surface area contributed by atoms with E-state index in [-0.39, 0.29) is 0 Å². The van der Waals surface area contributed by atoms with Crippen LogP contribution in [0.25, 0.3) is 0 Å². The minimum Gasteiger partial charge on any atom is -0.390 e. The minimum absolute atomic E-state index is 0.364. The fourth-order valence-electron chi connectivity index (χ4n) is 2.88. The summed E-state index contributed by atoms with van der Waals surface area (Å²) in [5.41, 5.74) is -0.428. The van der Waals surface area contributed by atoms with Gasteiger partial charge in [-0.2, -0.15) is 0 Å². The fraction of sp³-hybridized carbons (Fsp3) is 1.00. The molecule has 2 nitrogen and oxygen atoms in total. The van der Waals surface area contributed by atoms with Crippen molar-refractivity contribution in [3.05, 3.63) is 0 Å². The molecule has 0 bridgehead atoms. The number of aliphatic hydroxyl groups is 1. The average Bonchev–Trinajstić information content (AvgIpc) is 2.49. The topological polar surface area (TPSA) is 29.5 Å². The van der Waals surface area contributed by atoms with Crippen molar-refractivity contribution in [1.82, 2.24) is 0 Å². The third-order valence-corrected chi connectivity index (χ3v) is 4.46. The molecule has 0 aromatic rings. The Morgan fingerprint density at radius 2 is 2.12 bits per heavy atom. The Kier molecular flexibility index (Phi) is 5.77. The number of hydrogen-bond donors (Lipinski definition) is 1. The highest BCUT2D eigenvalue weighted by Gasteiger charge is 2.35. The third-order valence-electron chi connectivity index (χ3n) is 4.46. The molecular formula is C14H28O2. The summed E-state index contributed by atoms with van der Waals surface area (Å²) < 4.78 is 5.11. The molecule has 0 aromatic heterocycles. The molecule has 1 aliphatic carbocycles. The standard InChI is InChI=1S/C14H28O2/c1-4-13-6-5-9-14(15,10-7-13)12(2)8-11-16-3/h12-13,15H,4-11H2,1-3H3. The van der Waals surface area contributed by atoms with Gasteiger partial charge >= 0.3 is 0 Å². The Morgan fingerprint density at radius 3 is 2.75 bits per heavy atom. The molecule has 1 aliphatic rings. The number of hydrogen-bond acceptors (Lipinski definition) is 2. The second kappa shape index (κ2) is 6.61. The van der Waals surface area contributed by atoms with Gasteiger partial charge < -0.3 is 9.84 Å². The maximum atomic E-state index is 10.7. The molecule has 2 heteroatoms. The van der Waals surface area contributed by atoms with Gasteiger partial charge in [0, 0.05) is 13.7 Å². The summed E-state index contributed by atoms with van der Waals surface area (Å²) in [6.07, 6.45) is 7.89. The van der Waals surface area contributed by atoms with Crippen molar-refractivity contribution >= 4 is 0 Å². The Hall–Kier alpha value is -0.0800. The molecule has 0 aliphatic heterocycles. The van der Waals surface area contributed by atoms with Gasteiger partial charge in [-0.05, 0) is 37.5 Å². The van der Waals surface area contributed by atoms with Crippen molar-refractivity contribution in [2.24, 2.45) is 11.8 Å². The van der Waals surface area contributed by atoms with Gasteiger partial charge in [-0.3, -0.25) is 0 Å². The van der Waals surface area contributed by atoms with E-state index < -0.39 is 5.60 Å². The molecular weight excluding hydrogens is 200 g/mol. The van der Waals surface area contributed by atoms with Gasteiger partial charge in [0.25, 0.3) is 0 Å². The Bertz CT molecular complexity index is 193. The average molecular weight is 228 g/mol. The highest BCUT2D eigenvalue weighted by Crippen LogP contribution is 2.37. The van der Waals surface area contributed by atoms with Crippen LogP contribution in [0.2, 0.25) is 0 Å². The largest absolute Gasteiger partial charge is 0.390 e. The van der Waals surface area contributed by atoms with E-state index in [0.29, 0.717) is 5.92 Å². The van der Waals surface area contributed by atoms with Gasteiger partial charge in [0.05, 0.1) is 5.60 Å². The van der Waals surface area contributed by atoms with Crippen LogP contribution in [0.5, 0.6) is 0 Å². The first-order valence-corrected chi connectivity index (χ1v) is 6.83. The predicted octanol–water partition coefficient (Wildman–Crippen LogP) is 3.38. The molecule has 0 heterocycles. The maximum Gasteiger partial charge on any atom is 0.0674 e. The van der Waals surface area contributed by atoms with Crippen LogP contribution in [0.15, 0.2) is 0 Å². The zero-order valence-electron chi connectivity index (χ0n) is 11.2. The molecule has 0 saturated heterocycles. The monoisotopic (exact) mass is 228 g/mol. The highest BCUT2D eigenvalue weighted by atomic mass is 16.5. The van der Waals surface area contributed by atoms with Crippen molar-refractivity contribution in [2.75, 3.05) is 13.7 Å². The van der Waals surface area contributed by atoms with Gasteiger partial charge in [0.15, 0.2) is 0 Å². The molecule has 1 rings (SSSR count). The van der Waals surface area contributed by atoms with Crippen LogP contribution >= 0.6 is 0 Å². The summed E-state index contributed by atoms with van der Waals surface area (Å²) in [4.78, 5) is 0. The SMILES string of the molecule is CCC1CCCC(O)(C(C)CCOC)CC1. The second-order valence-electron chi connectivity index (χ2n) is 5.49. The van der Waals surface area contributed by atoms with Gasteiger partial charge in [-0.25, -0.2) is 0 Å². The summed E-state index contributed by atoms with van der Waals surface area (Å²) in [6, 6.07) is 0. The maximum absolute atomic E-state index is 10.7. The predicted molar refractivity (Wildman–Crippen MR) is 67.5 cm³/mol. The van der Waals surface area contributed by atoms with E-state index in [4.69, 9.17) is 4.74 Å². The lowest BCUT2D eigenvalue weighted by Crippen LogP contribution is -2.36. The molecule has 1 N–H and O–H groups in total.